The third-order valence-electron chi connectivity index (χ3n) is 7.25. The van der Waals surface area contributed by atoms with Crippen molar-refractivity contribution in [3.8, 4) is 5.75 Å². The minimum absolute atomic E-state index is 0.0474. The van der Waals surface area contributed by atoms with Crippen molar-refractivity contribution in [1.29, 1.82) is 0 Å². The maximum atomic E-state index is 13.8. The number of benzene rings is 3. The number of hydrogen-bond acceptors (Lipinski definition) is 5. The third kappa shape index (κ3) is 5.09. The summed E-state index contributed by atoms with van der Waals surface area (Å²) in [6, 6.07) is 16.3. The SMILES string of the molecule is Cc1c(F)cccc1NC(=O)Nc1ccc(Cl)c(S(=O)(=O)N2C[C@H]3CC[C@H](C2)N3Cc2ccccc2)c1O. The zero-order chi connectivity index (χ0) is 27.0. The highest BCUT2D eigenvalue weighted by Crippen LogP contribution is 2.41. The Balaban J connectivity index is 1.34. The summed E-state index contributed by atoms with van der Waals surface area (Å²) in [4.78, 5) is 14.5. The van der Waals surface area contributed by atoms with Gasteiger partial charge in [0, 0.05) is 43.0 Å². The summed E-state index contributed by atoms with van der Waals surface area (Å²) in [6.45, 7) is 2.81. The van der Waals surface area contributed by atoms with Gasteiger partial charge in [0.25, 0.3) is 0 Å². The fraction of sp³-hybridized carbons (Fsp3) is 0.296. The van der Waals surface area contributed by atoms with Gasteiger partial charge in [0.05, 0.1) is 10.7 Å². The molecule has 38 heavy (non-hydrogen) atoms. The molecule has 2 aliphatic rings. The Bertz CT molecular complexity index is 1460. The normalized spacial score (nSPS) is 19.9. The molecule has 11 heteroatoms. The average Bonchev–Trinajstić information content (AvgIpc) is 3.09. The van der Waals surface area contributed by atoms with Crippen molar-refractivity contribution in [1.82, 2.24) is 9.21 Å². The fourth-order valence-corrected chi connectivity index (χ4v) is 7.35. The first kappa shape index (κ1) is 26.4. The fourth-order valence-electron chi connectivity index (χ4n) is 5.24. The number of carbonyl (C=O) groups is 1. The molecule has 5 rings (SSSR count). The minimum Gasteiger partial charge on any atom is -0.504 e. The van der Waals surface area contributed by atoms with Crippen LogP contribution < -0.4 is 10.6 Å². The molecular weight excluding hydrogens is 531 g/mol. The van der Waals surface area contributed by atoms with Gasteiger partial charge in [-0.3, -0.25) is 4.90 Å². The van der Waals surface area contributed by atoms with Crippen molar-refractivity contribution in [2.24, 2.45) is 0 Å². The number of phenolic OH excluding ortho intramolecular Hbond substituents is 1. The van der Waals surface area contributed by atoms with Crippen LogP contribution in [0.25, 0.3) is 0 Å². The number of anilines is 2. The number of nitrogens with zero attached hydrogens (tertiary/aromatic N) is 2. The Morgan fingerprint density at radius 3 is 2.34 bits per heavy atom. The van der Waals surface area contributed by atoms with Gasteiger partial charge in [-0.2, -0.15) is 4.31 Å². The van der Waals surface area contributed by atoms with E-state index in [1.54, 1.807) is 0 Å². The van der Waals surface area contributed by atoms with E-state index >= 15 is 0 Å². The highest BCUT2D eigenvalue weighted by molar-refractivity contribution is 7.89. The van der Waals surface area contributed by atoms with Crippen molar-refractivity contribution in [2.45, 2.75) is 43.3 Å². The summed E-state index contributed by atoms with van der Waals surface area (Å²) >= 11 is 6.29. The molecule has 2 saturated heterocycles. The number of sulfonamides is 1. The molecule has 8 nitrogen and oxygen atoms in total. The van der Waals surface area contributed by atoms with Crippen LogP contribution in [0.2, 0.25) is 5.02 Å². The molecule has 0 spiro atoms. The van der Waals surface area contributed by atoms with E-state index < -0.39 is 32.5 Å². The number of piperazine rings is 1. The number of rotatable bonds is 6. The van der Waals surface area contributed by atoms with E-state index in [0.29, 0.717) is 0 Å². The summed E-state index contributed by atoms with van der Waals surface area (Å²) in [5.74, 6) is -1.13. The van der Waals surface area contributed by atoms with Gasteiger partial charge >= 0.3 is 6.03 Å². The molecule has 2 amide bonds. The Kier molecular flexibility index (Phi) is 7.32. The van der Waals surface area contributed by atoms with Crippen LogP contribution in [0.15, 0.2) is 65.6 Å². The number of phenols is 1. The topological polar surface area (TPSA) is 102 Å². The van der Waals surface area contributed by atoms with Gasteiger partial charge in [0.15, 0.2) is 5.75 Å². The molecule has 3 N–H and O–H groups in total. The first-order valence-corrected chi connectivity index (χ1v) is 14.1. The molecule has 0 aromatic heterocycles. The summed E-state index contributed by atoms with van der Waals surface area (Å²) < 4.78 is 42.6. The molecule has 0 saturated carbocycles. The van der Waals surface area contributed by atoms with Gasteiger partial charge in [-0.25, -0.2) is 17.6 Å². The quantitative estimate of drug-likeness (QED) is 0.362. The van der Waals surface area contributed by atoms with Crippen LogP contribution in [0, 0.1) is 12.7 Å². The molecule has 2 bridgehead atoms. The number of carbonyl (C=O) groups excluding carboxylic acids is 1. The van der Waals surface area contributed by atoms with E-state index in [1.807, 2.05) is 18.2 Å². The minimum atomic E-state index is -4.17. The largest absolute Gasteiger partial charge is 0.504 e. The summed E-state index contributed by atoms with van der Waals surface area (Å²) in [7, 11) is -4.17. The second-order valence-electron chi connectivity index (χ2n) is 9.63. The van der Waals surface area contributed by atoms with Crippen LogP contribution in [-0.2, 0) is 16.6 Å². The van der Waals surface area contributed by atoms with Crippen molar-refractivity contribution < 1.29 is 22.7 Å². The highest BCUT2D eigenvalue weighted by Gasteiger charge is 2.45. The first-order chi connectivity index (χ1) is 18.1. The molecule has 3 aromatic carbocycles. The van der Waals surface area contributed by atoms with Gasteiger partial charge in [0.1, 0.15) is 10.7 Å². The first-order valence-electron chi connectivity index (χ1n) is 12.3. The zero-order valence-electron chi connectivity index (χ0n) is 20.7. The van der Waals surface area contributed by atoms with Gasteiger partial charge in [-0.1, -0.05) is 48.0 Å². The highest BCUT2D eigenvalue weighted by atomic mass is 35.5. The van der Waals surface area contributed by atoms with E-state index in [0.717, 1.165) is 19.4 Å². The van der Waals surface area contributed by atoms with Crippen LogP contribution in [-0.4, -0.2) is 53.9 Å². The Morgan fingerprint density at radius 1 is 1.00 bits per heavy atom. The second-order valence-corrected chi connectivity index (χ2v) is 11.9. The van der Waals surface area contributed by atoms with Crippen LogP contribution in [0.5, 0.6) is 5.75 Å². The lowest BCUT2D eigenvalue weighted by atomic mass is 10.1. The number of amides is 2. The van der Waals surface area contributed by atoms with E-state index in [2.05, 4.69) is 27.7 Å². The van der Waals surface area contributed by atoms with E-state index in [-0.39, 0.29) is 47.1 Å². The number of fused-ring (bicyclic) bond motifs is 2. The number of hydrogen-bond donors (Lipinski definition) is 3. The summed E-state index contributed by atoms with van der Waals surface area (Å²) in [5.41, 5.74) is 1.53. The maximum absolute atomic E-state index is 13.8. The second kappa shape index (κ2) is 10.5. The van der Waals surface area contributed by atoms with Crippen molar-refractivity contribution in [3.63, 3.8) is 0 Å². The van der Waals surface area contributed by atoms with Crippen LogP contribution in [0.4, 0.5) is 20.6 Å². The molecule has 2 fully saturated rings. The maximum Gasteiger partial charge on any atom is 0.323 e. The lowest BCUT2D eigenvalue weighted by molar-refractivity contribution is 0.103. The van der Waals surface area contributed by atoms with Crippen molar-refractivity contribution in [3.05, 3.63) is 82.6 Å². The molecule has 2 aliphatic heterocycles. The van der Waals surface area contributed by atoms with Gasteiger partial charge < -0.3 is 15.7 Å². The standard InChI is InChI=1S/C27H28ClFN4O4S/c1-17-22(29)8-5-9-23(17)30-27(35)31-24-13-12-21(28)26(25(24)34)38(36,37)32-15-19-10-11-20(16-32)33(19)14-18-6-3-2-4-7-18/h2-9,12-13,19-20,34H,10-11,14-16H2,1H3,(H2,30,31,35)/t19-,20-/m1/s1. The lowest BCUT2D eigenvalue weighted by Gasteiger charge is -2.40. The average molecular weight is 559 g/mol. The number of aromatic hydroxyl groups is 1. The van der Waals surface area contributed by atoms with E-state index in [4.69, 9.17) is 11.6 Å². The number of nitrogens with one attached hydrogen (secondary N) is 2. The predicted octanol–water partition coefficient (Wildman–Crippen LogP) is 5.17. The number of urea groups is 1. The Hall–Kier alpha value is -3.18. The predicted molar refractivity (Wildman–Crippen MR) is 144 cm³/mol. The van der Waals surface area contributed by atoms with Gasteiger partial charge in [-0.15, -0.1) is 0 Å². The summed E-state index contributed by atoms with van der Waals surface area (Å²) in [5, 5.41) is 15.7. The zero-order valence-corrected chi connectivity index (χ0v) is 22.3. The Labute approximate surface area is 226 Å². The smallest absolute Gasteiger partial charge is 0.323 e. The molecule has 0 radical (unpaired) electrons. The molecule has 0 unspecified atom stereocenters. The van der Waals surface area contributed by atoms with Crippen molar-refractivity contribution >= 4 is 39.0 Å². The van der Waals surface area contributed by atoms with E-state index in [9.17, 15) is 22.7 Å². The third-order valence-corrected chi connectivity index (χ3v) is 9.59. The van der Waals surface area contributed by atoms with Crippen molar-refractivity contribution in [2.75, 3.05) is 23.7 Å². The van der Waals surface area contributed by atoms with E-state index in [1.165, 1.54) is 47.1 Å². The van der Waals surface area contributed by atoms with Crippen LogP contribution in [0.1, 0.15) is 24.0 Å². The molecule has 2 atom stereocenters. The van der Waals surface area contributed by atoms with Gasteiger partial charge in [0.2, 0.25) is 10.0 Å². The van der Waals surface area contributed by atoms with Crippen LogP contribution in [0.3, 0.4) is 0 Å². The molecule has 0 aliphatic carbocycles. The Morgan fingerprint density at radius 2 is 1.66 bits per heavy atom. The molecule has 200 valence electrons. The van der Waals surface area contributed by atoms with Gasteiger partial charge in [-0.05, 0) is 49.6 Å². The molecular formula is C27H28ClFN4O4S. The summed E-state index contributed by atoms with van der Waals surface area (Å²) in [6.07, 6.45) is 1.76. The monoisotopic (exact) mass is 558 g/mol. The van der Waals surface area contributed by atoms with Crippen LogP contribution >= 0.6 is 11.6 Å². The molecule has 3 aromatic rings. The number of halogens is 2. The molecule has 2 heterocycles. The lowest BCUT2D eigenvalue weighted by Crippen LogP contribution is -2.54.